The van der Waals surface area contributed by atoms with Crippen LogP contribution in [0.25, 0.3) is 0 Å². The van der Waals surface area contributed by atoms with E-state index in [1.807, 2.05) is 24.3 Å². The van der Waals surface area contributed by atoms with Crippen molar-refractivity contribution in [3.8, 4) is 17.6 Å². The fraction of sp³-hybridized carbons (Fsp3) is 0.529. The molecular weight excluding hydrogens is 288 g/mol. The molecule has 0 saturated carbocycles. The lowest BCUT2D eigenvalue weighted by atomic mass is 9.91. The van der Waals surface area contributed by atoms with Gasteiger partial charge in [-0.15, -0.1) is 11.6 Å². The topological polar surface area (TPSA) is 27.7 Å². The number of benzene rings is 1. The summed E-state index contributed by atoms with van der Waals surface area (Å²) in [5.41, 5.74) is 0.804. The maximum absolute atomic E-state index is 6.13. The lowest BCUT2D eigenvalue weighted by Crippen LogP contribution is -2.44. The number of ether oxygens (including phenoxy) is 3. The molecule has 2 heterocycles. The third-order valence-corrected chi connectivity index (χ3v) is 4.08. The van der Waals surface area contributed by atoms with Gasteiger partial charge in [-0.05, 0) is 18.2 Å². The van der Waals surface area contributed by atoms with E-state index < -0.39 is 0 Å². The summed E-state index contributed by atoms with van der Waals surface area (Å²) in [4.78, 5) is 0. The predicted molar refractivity (Wildman–Crippen MR) is 81.8 cm³/mol. The van der Waals surface area contributed by atoms with Gasteiger partial charge in [0.2, 0.25) is 0 Å². The molecule has 0 radical (unpaired) electrons. The van der Waals surface area contributed by atoms with Crippen LogP contribution in [0.2, 0.25) is 0 Å². The van der Waals surface area contributed by atoms with Gasteiger partial charge in [0.05, 0.1) is 24.7 Å². The molecule has 0 N–H and O–H groups in total. The Morgan fingerprint density at radius 1 is 1.38 bits per heavy atom. The molecule has 1 spiro atoms. The summed E-state index contributed by atoms with van der Waals surface area (Å²) in [7, 11) is 0. The van der Waals surface area contributed by atoms with Crippen LogP contribution in [0.5, 0.6) is 5.75 Å². The minimum absolute atomic E-state index is 0.126. The van der Waals surface area contributed by atoms with Gasteiger partial charge in [-0.1, -0.05) is 17.9 Å². The third kappa shape index (κ3) is 3.71. The van der Waals surface area contributed by atoms with E-state index in [4.69, 9.17) is 25.8 Å². The van der Waals surface area contributed by atoms with E-state index >= 15 is 0 Å². The molecule has 0 aliphatic carbocycles. The van der Waals surface area contributed by atoms with Crippen molar-refractivity contribution < 1.29 is 14.2 Å². The molecule has 2 aliphatic rings. The zero-order valence-electron chi connectivity index (χ0n) is 11.9. The summed E-state index contributed by atoms with van der Waals surface area (Å²) >= 11 is 5.59. The highest BCUT2D eigenvalue weighted by Crippen LogP contribution is 2.34. The molecule has 4 heteroatoms. The number of rotatable bonds is 2. The monoisotopic (exact) mass is 306 g/mol. The maximum Gasteiger partial charge on any atom is 0.120 e. The van der Waals surface area contributed by atoms with Gasteiger partial charge in [0.25, 0.3) is 0 Å². The molecule has 0 amide bonds. The largest absolute Gasteiger partial charge is 0.490 e. The first-order valence-electron chi connectivity index (χ1n) is 7.33. The molecule has 2 unspecified atom stereocenters. The SMILES string of the molecule is ClCC#Cc1cccc(OC2CCOC3(CCOC3)C2)c1. The number of hydrogen-bond donors (Lipinski definition) is 0. The van der Waals surface area contributed by atoms with Crippen LogP contribution in [0, 0.1) is 11.8 Å². The number of alkyl halides is 1. The van der Waals surface area contributed by atoms with Crippen molar-refractivity contribution >= 4 is 11.6 Å². The molecule has 3 rings (SSSR count). The zero-order valence-corrected chi connectivity index (χ0v) is 12.7. The van der Waals surface area contributed by atoms with E-state index in [-0.39, 0.29) is 11.7 Å². The average Bonchev–Trinajstić information content (AvgIpc) is 2.93. The van der Waals surface area contributed by atoms with Crippen LogP contribution < -0.4 is 4.74 Å². The second-order valence-electron chi connectivity index (χ2n) is 5.53. The molecule has 2 atom stereocenters. The first-order valence-corrected chi connectivity index (χ1v) is 7.86. The van der Waals surface area contributed by atoms with Gasteiger partial charge < -0.3 is 14.2 Å². The molecule has 1 aromatic rings. The van der Waals surface area contributed by atoms with Gasteiger partial charge in [-0.2, -0.15) is 0 Å². The highest BCUT2D eigenvalue weighted by atomic mass is 35.5. The van der Waals surface area contributed by atoms with E-state index in [1.165, 1.54) is 0 Å². The summed E-state index contributed by atoms with van der Waals surface area (Å²) in [5, 5.41) is 0. The van der Waals surface area contributed by atoms with Gasteiger partial charge >= 0.3 is 0 Å². The Labute approximate surface area is 130 Å². The fourth-order valence-electron chi connectivity index (χ4n) is 2.92. The van der Waals surface area contributed by atoms with Gasteiger partial charge in [-0.3, -0.25) is 0 Å². The molecule has 3 nitrogen and oxygen atoms in total. The van der Waals surface area contributed by atoms with Crippen LogP contribution in [-0.4, -0.2) is 37.4 Å². The first kappa shape index (κ1) is 14.7. The van der Waals surface area contributed by atoms with Crippen LogP contribution >= 0.6 is 11.6 Å². The lowest BCUT2D eigenvalue weighted by molar-refractivity contribution is -0.112. The number of halogens is 1. The highest BCUT2D eigenvalue weighted by Gasteiger charge is 2.41. The summed E-state index contributed by atoms with van der Waals surface area (Å²) in [5.74, 6) is 7.07. The fourth-order valence-corrected chi connectivity index (χ4v) is 2.99. The molecule has 1 aromatic carbocycles. The Morgan fingerprint density at radius 2 is 2.33 bits per heavy atom. The van der Waals surface area contributed by atoms with E-state index in [1.54, 1.807) is 0 Å². The summed E-state index contributed by atoms with van der Waals surface area (Å²) in [6.07, 6.45) is 2.95. The Balaban J connectivity index is 1.65. The quantitative estimate of drug-likeness (QED) is 0.621. The molecule has 112 valence electrons. The van der Waals surface area contributed by atoms with Crippen LogP contribution in [-0.2, 0) is 9.47 Å². The van der Waals surface area contributed by atoms with Gasteiger partial charge in [0.15, 0.2) is 0 Å². The van der Waals surface area contributed by atoms with Crippen molar-refractivity contribution in [3.63, 3.8) is 0 Å². The van der Waals surface area contributed by atoms with Crippen molar-refractivity contribution in [2.45, 2.75) is 31.0 Å². The third-order valence-electron chi connectivity index (χ3n) is 3.95. The smallest absolute Gasteiger partial charge is 0.120 e. The molecular formula is C17H19ClO3. The maximum atomic E-state index is 6.13. The average molecular weight is 307 g/mol. The predicted octanol–water partition coefficient (Wildman–Crippen LogP) is 2.99. The van der Waals surface area contributed by atoms with Gasteiger partial charge in [0.1, 0.15) is 11.9 Å². The lowest BCUT2D eigenvalue weighted by Gasteiger charge is -2.37. The summed E-state index contributed by atoms with van der Waals surface area (Å²) in [6, 6.07) is 7.86. The molecule has 2 saturated heterocycles. The van der Waals surface area contributed by atoms with Crippen molar-refractivity contribution in [3.05, 3.63) is 29.8 Å². The van der Waals surface area contributed by atoms with E-state index in [0.717, 1.165) is 43.8 Å². The van der Waals surface area contributed by atoms with E-state index in [2.05, 4.69) is 11.8 Å². The molecule has 0 aromatic heterocycles. The van der Waals surface area contributed by atoms with Crippen LogP contribution in [0.15, 0.2) is 24.3 Å². The second-order valence-corrected chi connectivity index (χ2v) is 5.80. The van der Waals surface area contributed by atoms with Gasteiger partial charge in [-0.25, -0.2) is 0 Å². The van der Waals surface area contributed by atoms with Gasteiger partial charge in [0, 0.05) is 31.4 Å². The molecule has 2 aliphatic heterocycles. The van der Waals surface area contributed by atoms with E-state index in [0.29, 0.717) is 12.5 Å². The Kier molecular flexibility index (Phi) is 4.70. The Bertz CT molecular complexity index is 540. The van der Waals surface area contributed by atoms with Crippen LogP contribution in [0.4, 0.5) is 0 Å². The van der Waals surface area contributed by atoms with Crippen LogP contribution in [0.1, 0.15) is 24.8 Å². The standard InChI is InChI=1S/C17H19ClO3/c18-8-2-4-14-3-1-5-15(11-14)21-16-6-9-20-17(12-16)7-10-19-13-17/h1,3,5,11,16H,6-10,12-13H2. The first-order chi connectivity index (χ1) is 10.3. The molecule has 21 heavy (non-hydrogen) atoms. The zero-order chi connectivity index (χ0) is 14.5. The highest BCUT2D eigenvalue weighted by molar-refractivity contribution is 6.19. The van der Waals surface area contributed by atoms with Crippen molar-refractivity contribution in [1.82, 2.24) is 0 Å². The van der Waals surface area contributed by atoms with Crippen LogP contribution in [0.3, 0.4) is 0 Å². The Morgan fingerprint density at radius 3 is 3.14 bits per heavy atom. The van der Waals surface area contributed by atoms with Crippen molar-refractivity contribution in [2.24, 2.45) is 0 Å². The van der Waals surface area contributed by atoms with E-state index in [9.17, 15) is 0 Å². The summed E-state index contributed by atoms with van der Waals surface area (Å²) in [6.45, 7) is 2.21. The normalized spacial score (nSPS) is 28.1. The second kappa shape index (κ2) is 6.70. The number of hydrogen-bond acceptors (Lipinski definition) is 3. The molecule has 0 bridgehead atoms. The minimum atomic E-state index is -0.126. The van der Waals surface area contributed by atoms with Crippen molar-refractivity contribution in [2.75, 3.05) is 25.7 Å². The molecule has 2 fully saturated rings. The summed E-state index contributed by atoms with van der Waals surface area (Å²) < 4.78 is 17.5. The van der Waals surface area contributed by atoms with Crippen molar-refractivity contribution in [1.29, 1.82) is 0 Å². The Hall–Kier alpha value is -1.21. The minimum Gasteiger partial charge on any atom is -0.490 e.